The Hall–Kier alpha value is -0.730. The van der Waals surface area contributed by atoms with Crippen LogP contribution in [0.3, 0.4) is 0 Å². The first-order chi connectivity index (χ1) is 7.58. The van der Waals surface area contributed by atoms with Gasteiger partial charge in [-0.05, 0) is 36.1 Å². The largest absolute Gasteiger partial charge is 0.338 e. The van der Waals surface area contributed by atoms with Crippen LogP contribution in [0.5, 0.6) is 0 Å². The van der Waals surface area contributed by atoms with Crippen LogP contribution < -0.4 is 0 Å². The second-order valence-electron chi connectivity index (χ2n) is 4.57. The van der Waals surface area contributed by atoms with Gasteiger partial charge in [-0.2, -0.15) is 0 Å². The van der Waals surface area contributed by atoms with Gasteiger partial charge in [-0.15, -0.1) is 0 Å². The molecule has 1 fully saturated rings. The summed E-state index contributed by atoms with van der Waals surface area (Å²) in [6.07, 6.45) is 1.71. The van der Waals surface area contributed by atoms with Crippen molar-refractivity contribution in [3.8, 4) is 0 Å². The van der Waals surface area contributed by atoms with E-state index in [1.54, 1.807) is 0 Å². The zero-order valence-corrected chi connectivity index (χ0v) is 10.3. The summed E-state index contributed by atoms with van der Waals surface area (Å²) < 4.78 is 0. The molecule has 0 saturated carbocycles. The van der Waals surface area contributed by atoms with Crippen molar-refractivity contribution in [3.63, 3.8) is 0 Å². The van der Waals surface area contributed by atoms with E-state index in [0.29, 0.717) is 10.0 Å². The Bertz CT molecular complexity index is 482. The second kappa shape index (κ2) is 3.38. The fourth-order valence-electron chi connectivity index (χ4n) is 2.83. The predicted molar refractivity (Wildman–Crippen MR) is 63.8 cm³/mol. The maximum absolute atomic E-state index is 11.9. The van der Waals surface area contributed by atoms with Crippen molar-refractivity contribution in [3.05, 3.63) is 33.3 Å². The van der Waals surface area contributed by atoms with E-state index in [-0.39, 0.29) is 17.9 Å². The summed E-state index contributed by atoms with van der Waals surface area (Å²) in [5, 5.41) is 1.16. The SMILES string of the molecule is CN1C(=O)C2Cc3cc(Cl)c(Cl)cc3C1C2. The van der Waals surface area contributed by atoms with Crippen molar-refractivity contribution in [1.29, 1.82) is 0 Å². The molecule has 1 aliphatic carbocycles. The Morgan fingerprint density at radius 3 is 2.75 bits per heavy atom. The average Bonchev–Trinajstić information content (AvgIpc) is 2.48. The normalized spacial score (nSPS) is 27.2. The molecule has 1 amide bonds. The van der Waals surface area contributed by atoms with Crippen LogP contribution in [0, 0.1) is 5.92 Å². The van der Waals surface area contributed by atoms with E-state index >= 15 is 0 Å². The zero-order chi connectivity index (χ0) is 11.4. The maximum Gasteiger partial charge on any atom is 0.226 e. The second-order valence-corrected chi connectivity index (χ2v) is 5.38. The third-order valence-electron chi connectivity index (χ3n) is 3.68. The molecule has 16 heavy (non-hydrogen) atoms. The molecule has 1 aliphatic heterocycles. The van der Waals surface area contributed by atoms with Gasteiger partial charge in [-0.3, -0.25) is 4.79 Å². The smallest absolute Gasteiger partial charge is 0.226 e. The van der Waals surface area contributed by atoms with Gasteiger partial charge in [0.2, 0.25) is 5.91 Å². The standard InChI is InChI=1S/C12H11Cl2NO/c1-15-11-4-7(12(15)16)2-6-3-9(13)10(14)5-8(6)11/h3,5,7,11H,2,4H2,1H3. The number of amides is 1. The topological polar surface area (TPSA) is 20.3 Å². The first kappa shape index (κ1) is 10.4. The number of nitrogens with zero attached hydrogens (tertiary/aromatic N) is 1. The number of fused-ring (bicyclic) bond motifs is 4. The van der Waals surface area contributed by atoms with Gasteiger partial charge < -0.3 is 4.90 Å². The van der Waals surface area contributed by atoms with Gasteiger partial charge in [0, 0.05) is 13.0 Å². The van der Waals surface area contributed by atoms with Crippen molar-refractivity contribution in [2.75, 3.05) is 7.05 Å². The molecule has 1 aromatic rings. The minimum Gasteiger partial charge on any atom is -0.338 e. The van der Waals surface area contributed by atoms with Crippen molar-refractivity contribution in [2.24, 2.45) is 5.92 Å². The van der Waals surface area contributed by atoms with E-state index in [9.17, 15) is 4.79 Å². The Kier molecular flexibility index (Phi) is 2.20. The molecule has 0 N–H and O–H groups in total. The minimum absolute atomic E-state index is 0.139. The monoisotopic (exact) mass is 255 g/mol. The lowest BCUT2D eigenvalue weighted by molar-refractivity contribution is -0.130. The van der Waals surface area contributed by atoms with Gasteiger partial charge in [0.05, 0.1) is 16.1 Å². The van der Waals surface area contributed by atoms with Crippen LogP contribution in [0.1, 0.15) is 23.6 Å². The van der Waals surface area contributed by atoms with Gasteiger partial charge >= 0.3 is 0 Å². The fourth-order valence-corrected chi connectivity index (χ4v) is 3.19. The fraction of sp³-hybridized carbons (Fsp3) is 0.417. The molecule has 0 spiro atoms. The number of carbonyl (C=O) groups excluding carboxylic acids is 1. The molecule has 84 valence electrons. The minimum atomic E-state index is 0.139. The van der Waals surface area contributed by atoms with Gasteiger partial charge in [-0.25, -0.2) is 0 Å². The van der Waals surface area contributed by atoms with E-state index in [1.807, 2.05) is 24.1 Å². The number of carbonyl (C=O) groups is 1. The Balaban J connectivity index is 2.16. The van der Waals surface area contributed by atoms with Gasteiger partial charge in [0.25, 0.3) is 0 Å². The summed E-state index contributed by atoms with van der Waals surface area (Å²) in [7, 11) is 1.87. The van der Waals surface area contributed by atoms with Crippen LogP contribution in [-0.2, 0) is 11.2 Å². The molecule has 1 heterocycles. The first-order valence-corrected chi connectivity index (χ1v) is 6.08. The van der Waals surface area contributed by atoms with E-state index in [1.165, 1.54) is 11.1 Å². The summed E-state index contributed by atoms with van der Waals surface area (Å²) in [5.41, 5.74) is 2.34. The summed E-state index contributed by atoms with van der Waals surface area (Å²) in [6, 6.07) is 4.01. The number of benzene rings is 1. The molecule has 1 saturated heterocycles. The maximum atomic E-state index is 11.9. The molecule has 4 heteroatoms. The Labute approximate surface area is 104 Å². The summed E-state index contributed by atoms with van der Waals surface area (Å²) in [5.74, 6) is 0.383. The highest BCUT2D eigenvalue weighted by Gasteiger charge is 2.42. The van der Waals surface area contributed by atoms with Crippen LogP contribution in [0.25, 0.3) is 0 Å². The zero-order valence-electron chi connectivity index (χ0n) is 8.84. The average molecular weight is 256 g/mol. The molecule has 2 unspecified atom stereocenters. The summed E-state index contributed by atoms with van der Waals surface area (Å²) in [6.45, 7) is 0. The first-order valence-electron chi connectivity index (χ1n) is 5.32. The molecule has 3 rings (SSSR count). The molecule has 2 nitrogen and oxygen atoms in total. The molecule has 0 aromatic heterocycles. The van der Waals surface area contributed by atoms with Crippen LogP contribution >= 0.6 is 23.2 Å². The van der Waals surface area contributed by atoms with Crippen LogP contribution in [0.4, 0.5) is 0 Å². The third kappa shape index (κ3) is 1.30. The van der Waals surface area contributed by atoms with Gasteiger partial charge in [0.15, 0.2) is 0 Å². The van der Waals surface area contributed by atoms with E-state index in [2.05, 4.69) is 0 Å². The number of likely N-dealkylation sites (tertiary alicyclic amines) is 1. The molecule has 2 atom stereocenters. The highest BCUT2D eigenvalue weighted by atomic mass is 35.5. The highest BCUT2D eigenvalue weighted by molar-refractivity contribution is 6.42. The molecule has 2 aliphatic rings. The van der Waals surface area contributed by atoms with Crippen molar-refractivity contribution in [1.82, 2.24) is 4.90 Å². The number of halogens is 2. The lowest BCUT2D eigenvalue weighted by atomic mass is 9.84. The van der Waals surface area contributed by atoms with E-state index in [0.717, 1.165) is 12.8 Å². The van der Waals surface area contributed by atoms with Gasteiger partial charge in [-0.1, -0.05) is 23.2 Å². The molecular weight excluding hydrogens is 245 g/mol. The lowest BCUT2D eigenvalue weighted by Gasteiger charge is -2.24. The van der Waals surface area contributed by atoms with Crippen molar-refractivity contribution < 1.29 is 4.79 Å². The quantitative estimate of drug-likeness (QED) is 0.698. The third-order valence-corrected chi connectivity index (χ3v) is 4.40. The molecule has 2 bridgehead atoms. The summed E-state index contributed by atoms with van der Waals surface area (Å²) in [4.78, 5) is 13.7. The highest BCUT2D eigenvalue weighted by Crippen LogP contribution is 2.45. The number of rotatable bonds is 0. The van der Waals surface area contributed by atoms with E-state index < -0.39 is 0 Å². The molecular formula is C12H11Cl2NO. The predicted octanol–water partition coefficient (Wildman–Crippen LogP) is 3.07. The number of hydrogen-bond acceptors (Lipinski definition) is 1. The Morgan fingerprint density at radius 2 is 2.00 bits per heavy atom. The van der Waals surface area contributed by atoms with Crippen molar-refractivity contribution >= 4 is 29.1 Å². The summed E-state index contributed by atoms with van der Waals surface area (Å²) >= 11 is 12.0. The van der Waals surface area contributed by atoms with Crippen LogP contribution in [0.15, 0.2) is 12.1 Å². The van der Waals surface area contributed by atoms with E-state index in [4.69, 9.17) is 23.2 Å². The Morgan fingerprint density at radius 1 is 1.31 bits per heavy atom. The van der Waals surface area contributed by atoms with Gasteiger partial charge in [0.1, 0.15) is 0 Å². The molecule has 1 aromatic carbocycles. The van der Waals surface area contributed by atoms with Crippen molar-refractivity contribution in [2.45, 2.75) is 18.9 Å². The molecule has 0 radical (unpaired) electrons. The number of hydrogen-bond donors (Lipinski definition) is 0. The van der Waals surface area contributed by atoms with Crippen LogP contribution in [-0.4, -0.2) is 17.9 Å². The lowest BCUT2D eigenvalue weighted by Crippen LogP contribution is -2.23. The van der Waals surface area contributed by atoms with Crippen LogP contribution in [0.2, 0.25) is 10.0 Å².